The second-order valence-electron chi connectivity index (χ2n) is 3.83. The number of nitrogens with zero attached hydrogens (tertiary/aromatic N) is 3. The van der Waals surface area contributed by atoms with Crippen molar-refractivity contribution < 1.29 is 5.21 Å². The van der Waals surface area contributed by atoms with E-state index in [1.165, 1.54) is 6.20 Å². The van der Waals surface area contributed by atoms with Crippen LogP contribution in [0, 0.1) is 5.21 Å². The second-order valence-corrected chi connectivity index (χ2v) is 4.17. The van der Waals surface area contributed by atoms with Gasteiger partial charge < -0.3 is 15.8 Å². The standard InChI is InChI=1S/C8H10ClN4O2/c1-8(2-3-8)12-6-5(13(14)15)4-10-7(9)11-6/h4,14H,2-3H2,1H3,(H,10,11,12)/q-1. The summed E-state index contributed by atoms with van der Waals surface area (Å²) in [6.45, 7) is 2.00. The van der Waals surface area contributed by atoms with Crippen molar-refractivity contribution in [2.24, 2.45) is 0 Å². The van der Waals surface area contributed by atoms with E-state index >= 15 is 0 Å². The first-order chi connectivity index (χ1) is 7.00. The van der Waals surface area contributed by atoms with Crippen molar-refractivity contribution in [1.29, 1.82) is 0 Å². The molecule has 2 rings (SSSR count). The lowest BCUT2D eigenvalue weighted by molar-refractivity contribution is 0.296. The molecule has 6 nitrogen and oxygen atoms in total. The summed E-state index contributed by atoms with van der Waals surface area (Å²) in [5.41, 5.74) is -0.0878. The quantitative estimate of drug-likeness (QED) is 0.607. The maximum atomic E-state index is 10.8. The van der Waals surface area contributed by atoms with Crippen LogP contribution in [-0.4, -0.2) is 20.7 Å². The van der Waals surface area contributed by atoms with Crippen molar-refractivity contribution in [3.8, 4) is 0 Å². The summed E-state index contributed by atoms with van der Waals surface area (Å²) in [6, 6.07) is 0. The van der Waals surface area contributed by atoms with Gasteiger partial charge in [0.15, 0.2) is 5.82 Å². The summed E-state index contributed by atoms with van der Waals surface area (Å²) in [7, 11) is 0. The van der Waals surface area contributed by atoms with Crippen LogP contribution >= 0.6 is 11.6 Å². The second kappa shape index (κ2) is 3.48. The van der Waals surface area contributed by atoms with Gasteiger partial charge >= 0.3 is 0 Å². The maximum Gasteiger partial charge on any atom is 0.224 e. The molecule has 1 saturated carbocycles. The van der Waals surface area contributed by atoms with Crippen LogP contribution in [0.15, 0.2) is 6.20 Å². The van der Waals surface area contributed by atoms with Crippen molar-refractivity contribution in [2.45, 2.75) is 25.3 Å². The van der Waals surface area contributed by atoms with Gasteiger partial charge in [-0.2, -0.15) is 4.98 Å². The largest absolute Gasteiger partial charge is 0.733 e. The molecule has 7 heteroatoms. The van der Waals surface area contributed by atoms with Gasteiger partial charge in [0.2, 0.25) is 5.28 Å². The molecule has 1 heterocycles. The summed E-state index contributed by atoms with van der Waals surface area (Å²) >= 11 is 5.61. The summed E-state index contributed by atoms with van der Waals surface area (Å²) in [6.07, 6.45) is 3.17. The van der Waals surface area contributed by atoms with E-state index in [9.17, 15) is 5.21 Å². The molecule has 0 aliphatic heterocycles. The van der Waals surface area contributed by atoms with Crippen LogP contribution in [0.3, 0.4) is 0 Å². The predicted octanol–water partition coefficient (Wildman–Crippen LogP) is 1.79. The minimum atomic E-state index is -0.273. The van der Waals surface area contributed by atoms with Gasteiger partial charge in [0.25, 0.3) is 0 Å². The molecule has 0 radical (unpaired) electrons. The molecule has 1 aliphatic carbocycles. The molecule has 0 spiro atoms. The summed E-state index contributed by atoms with van der Waals surface area (Å²) in [5.74, 6) is 0.257. The highest BCUT2D eigenvalue weighted by atomic mass is 35.5. The third kappa shape index (κ3) is 2.28. The van der Waals surface area contributed by atoms with Gasteiger partial charge in [0.05, 0.1) is 6.20 Å². The van der Waals surface area contributed by atoms with E-state index in [4.69, 9.17) is 16.8 Å². The minimum Gasteiger partial charge on any atom is -0.733 e. The third-order valence-electron chi connectivity index (χ3n) is 2.37. The summed E-state index contributed by atoms with van der Waals surface area (Å²) < 4.78 is 0. The van der Waals surface area contributed by atoms with Crippen LogP contribution in [0.1, 0.15) is 19.8 Å². The van der Waals surface area contributed by atoms with Crippen LogP contribution in [0.4, 0.5) is 11.5 Å². The van der Waals surface area contributed by atoms with Crippen LogP contribution in [0.5, 0.6) is 0 Å². The molecule has 0 atom stereocenters. The number of nitrogens with one attached hydrogen (secondary N) is 1. The molecule has 0 amide bonds. The third-order valence-corrected chi connectivity index (χ3v) is 2.55. The normalized spacial score (nSPS) is 17.3. The average Bonchev–Trinajstić information content (AvgIpc) is 2.82. The smallest absolute Gasteiger partial charge is 0.224 e. The molecule has 1 fully saturated rings. The van der Waals surface area contributed by atoms with E-state index in [2.05, 4.69) is 15.3 Å². The Hall–Kier alpha value is -1.11. The molecule has 1 aromatic heterocycles. The van der Waals surface area contributed by atoms with Crippen molar-refractivity contribution in [2.75, 3.05) is 10.5 Å². The lowest BCUT2D eigenvalue weighted by Gasteiger charge is -2.25. The number of aromatic nitrogens is 2. The Kier molecular flexibility index (Phi) is 2.41. The first-order valence-corrected chi connectivity index (χ1v) is 4.85. The van der Waals surface area contributed by atoms with Gasteiger partial charge in [0.1, 0.15) is 5.69 Å². The molecule has 2 N–H and O–H groups in total. The zero-order valence-electron chi connectivity index (χ0n) is 8.07. The van der Waals surface area contributed by atoms with Crippen LogP contribution in [0.2, 0.25) is 5.28 Å². The highest BCUT2D eigenvalue weighted by molar-refractivity contribution is 6.28. The van der Waals surface area contributed by atoms with Gasteiger partial charge in [0, 0.05) is 5.54 Å². The Morgan fingerprint density at radius 3 is 2.87 bits per heavy atom. The molecule has 1 aromatic rings. The van der Waals surface area contributed by atoms with Crippen LogP contribution in [0.25, 0.3) is 0 Å². The van der Waals surface area contributed by atoms with Crippen molar-refractivity contribution in [3.63, 3.8) is 0 Å². The van der Waals surface area contributed by atoms with Gasteiger partial charge in [-0.15, -0.1) is 0 Å². The first-order valence-electron chi connectivity index (χ1n) is 4.47. The maximum absolute atomic E-state index is 10.8. The summed E-state index contributed by atoms with van der Waals surface area (Å²) in [5, 5.41) is 22.4. The zero-order chi connectivity index (χ0) is 11.1. The van der Waals surface area contributed by atoms with Crippen LogP contribution < -0.4 is 10.5 Å². The molecule has 0 bridgehead atoms. The van der Waals surface area contributed by atoms with Gasteiger partial charge in [-0.1, -0.05) is 0 Å². The van der Waals surface area contributed by atoms with Gasteiger partial charge in [-0.3, -0.25) is 5.21 Å². The minimum absolute atomic E-state index is 0.0346. The van der Waals surface area contributed by atoms with E-state index in [-0.39, 0.29) is 27.6 Å². The van der Waals surface area contributed by atoms with E-state index in [0.29, 0.717) is 0 Å². The van der Waals surface area contributed by atoms with E-state index < -0.39 is 0 Å². The van der Waals surface area contributed by atoms with Crippen molar-refractivity contribution in [1.82, 2.24) is 9.97 Å². The number of anilines is 2. The van der Waals surface area contributed by atoms with E-state index in [0.717, 1.165) is 12.8 Å². The Labute approximate surface area is 91.4 Å². The Bertz CT molecular complexity index is 381. The fraction of sp³-hybridized carbons (Fsp3) is 0.500. The fourth-order valence-corrected chi connectivity index (χ4v) is 1.32. The SMILES string of the molecule is CC1(Nc2nc(Cl)ncc2N([O-])O)CC1. The Balaban J connectivity index is 2.29. The monoisotopic (exact) mass is 229 g/mol. The first kappa shape index (κ1) is 10.4. The zero-order valence-corrected chi connectivity index (χ0v) is 8.82. The molecule has 82 valence electrons. The van der Waals surface area contributed by atoms with Crippen molar-refractivity contribution in [3.05, 3.63) is 16.7 Å². The predicted molar refractivity (Wildman–Crippen MR) is 55.9 cm³/mol. The number of hydrogen-bond acceptors (Lipinski definition) is 6. The molecule has 0 unspecified atom stereocenters. The lowest BCUT2D eigenvalue weighted by Crippen LogP contribution is -2.20. The number of hydrogen-bond donors (Lipinski definition) is 2. The topological polar surface area (TPSA) is 84.3 Å². The van der Waals surface area contributed by atoms with Gasteiger partial charge in [-0.05, 0) is 31.4 Å². The Morgan fingerprint density at radius 1 is 1.67 bits per heavy atom. The molecular weight excluding hydrogens is 220 g/mol. The highest BCUT2D eigenvalue weighted by Gasteiger charge is 2.38. The van der Waals surface area contributed by atoms with Gasteiger partial charge in [-0.25, -0.2) is 4.98 Å². The lowest BCUT2D eigenvalue weighted by atomic mass is 10.3. The molecule has 0 saturated heterocycles. The fourth-order valence-electron chi connectivity index (χ4n) is 1.18. The summed E-state index contributed by atoms with van der Waals surface area (Å²) in [4.78, 5) is 7.49. The Morgan fingerprint density at radius 2 is 2.33 bits per heavy atom. The molecule has 15 heavy (non-hydrogen) atoms. The molecular formula is C8H10ClN4O2-. The highest BCUT2D eigenvalue weighted by Crippen LogP contribution is 2.39. The molecule has 1 aliphatic rings. The van der Waals surface area contributed by atoms with Crippen LogP contribution in [-0.2, 0) is 0 Å². The average molecular weight is 230 g/mol. The number of rotatable bonds is 3. The van der Waals surface area contributed by atoms with Crippen molar-refractivity contribution >= 4 is 23.1 Å². The van der Waals surface area contributed by atoms with E-state index in [1.807, 2.05) is 6.92 Å². The molecule has 0 aromatic carbocycles. The van der Waals surface area contributed by atoms with E-state index in [1.54, 1.807) is 0 Å². The number of halogens is 1.